The Hall–Kier alpha value is -2.41. The van der Waals surface area contributed by atoms with Gasteiger partial charge in [-0.05, 0) is 31.4 Å². The molecule has 0 bridgehead atoms. The number of hydrogen-bond acceptors (Lipinski definition) is 5. The lowest BCUT2D eigenvalue weighted by Crippen LogP contribution is -2.37. The zero-order valence-electron chi connectivity index (χ0n) is 13.6. The Balaban J connectivity index is 1.55. The van der Waals surface area contributed by atoms with E-state index in [2.05, 4.69) is 16.2 Å². The van der Waals surface area contributed by atoms with Gasteiger partial charge in [-0.3, -0.25) is 4.79 Å². The molecule has 1 aliphatic rings. The minimum Gasteiger partial charge on any atom is -0.384 e. The first-order chi connectivity index (χ1) is 11.6. The van der Waals surface area contributed by atoms with E-state index in [-0.39, 0.29) is 12.5 Å². The van der Waals surface area contributed by atoms with E-state index in [0.717, 1.165) is 29.2 Å². The van der Waals surface area contributed by atoms with Crippen LogP contribution < -0.4 is 10.6 Å². The fourth-order valence-corrected chi connectivity index (χ4v) is 3.36. The summed E-state index contributed by atoms with van der Waals surface area (Å²) in [5.74, 6) is 0.204. The number of aromatic nitrogens is 1. The van der Waals surface area contributed by atoms with Crippen molar-refractivity contribution < 1.29 is 9.63 Å². The predicted octanol–water partition coefficient (Wildman–Crippen LogP) is 2.26. The van der Waals surface area contributed by atoms with Crippen molar-refractivity contribution in [2.75, 3.05) is 18.1 Å². The molecule has 0 unspecified atom stereocenters. The van der Waals surface area contributed by atoms with Crippen molar-refractivity contribution in [3.63, 3.8) is 0 Å². The summed E-state index contributed by atoms with van der Waals surface area (Å²) in [6.45, 7) is 2.52. The van der Waals surface area contributed by atoms with Gasteiger partial charge in [-0.15, -0.1) is 11.3 Å². The van der Waals surface area contributed by atoms with Gasteiger partial charge in [0.2, 0.25) is 0 Å². The molecule has 0 radical (unpaired) electrons. The summed E-state index contributed by atoms with van der Waals surface area (Å²) >= 11 is 1.56. The number of anilines is 1. The van der Waals surface area contributed by atoms with Crippen LogP contribution in [0.3, 0.4) is 0 Å². The Morgan fingerprint density at radius 2 is 2.29 bits per heavy atom. The molecule has 24 heavy (non-hydrogen) atoms. The van der Waals surface area contributed by atoms with Crippen LogP contribution in [0.25, 0.3) is 0 Å². The number of amidine groups is 1. The van der Waals surface area contributed by atoms with Crippen LogP contribution in [0, 0.1) is 6.92 Å². The van der Waals surface area contributed by atoms with Gasteiger partial charge in [0.25, 0.3) is 5.91 Å². The first-order valence-corrected chi connectivity index (χ1v) is 8.75. The first kappa shape index (κ1) is 16.4. The van der Waals surface area contributed by atoms with Crippen molar-refractivity contribution in [3.05, 3.63) is 45.9 Å². The number of aryl methyl sites for hydroxylation is 2. The summed E-state index contributed by atoms with van der Waals surface area (Å²) in [5.41, 5.74) is 8.84. The molecule has 1 amide bonds. The van der Waals surface area contributed by atoms with Crippen LogP contribution in [0.4, 0.5) is 5.69 Å². The highest BCUT2D eigenvalue weighted by atomic mass is 32.1. The van der Waals surface area contributed by atoms with Gasteiger partial charge < -0.3 is 15.5 Å². The Morgan fingerprint density at radius 1 is 1.46 bits per heavy atom. The number of nitrogens with two attached hydrogens (primary N) is 1. The summed E-state index contributed by atoms with van der Waals surface area (Å²) in [6.07, 6.45) is 2.38. The quantitative estimate of drug-likeness (QED) is 0.512. The fourth-order valence-electron chi connectivity index (χ4n) is 2.75. The molecular formula is C17H20N4O2S. The number of carbonyl (C=O) groups is 1. The van der Waals surface area contributed by atoms with Crippen molar-refractivity contribution in [2.45, 2.75) is 26.2 Å². The molecule has 0 saturated heterocycles. The van der Waals surface area contributed by atoms with Crippen LogP contribution in [-0.4, -0.2) is 29.9 Å². The number of hydrogen-bond donors (Lipinski definition) is 1. The second kappa shape index (κ2) is 7.44. The average Bonchev–Trinajstić information content (AvgIpc) is 2.99. The number of thiazole rings is 1. The number of rotatable bonds is 5. The van der Waals surface area contributed by atoms with Crippen LogP contribution in [-0.2, 0) is 22.5 Å². The van der Waals surface area contributed by atoms with Crippen LogP contribution in [0.2, 0.25) is 0 Å². The highest BCUT2D eigenvalue weighted by molar-refractivity contribution is 7.09. The molecule has 0 atom stereocenters. The summed E-state index contributed by atoms with van der Waals surface area (Å²) in [7, 11) is 0. The lowest BCUT2D eigenvalue weighted by molar-refractivity contribution is -0.123. The SMILES string of the molecule is Cc1nc(CC(N)=NOCC(=O)N2CCCc3ccccc32)cs1. The van der Waals surface area contributed by atoms with Crippen LogP contribution in [0.15, 0.2) is 34.8 Å². The zero-order chi connectivity index (χ0) is 16.9. The van der Waals surface area contributed by atoms with Crippen LogP contribution in [0.1, 0.15) is 22.7 Å². The molecule has 1 aromatic heterocycles. The standard InChI is InChI=1S/C17H20N4O2S/c1-12-19-14(11-24-12)9-16(18)20-23-10-17(22)21-8-4-6-13-5-2-3-7-15(13)21/h2-3,5,7,11H,4,6,8-10H2,1H3,(H2,18,20). The number of oxime groups is 1. The minimum absolute atomic E-state index is 0.108. The average molecular weight is 344 g/mol. The van der Waals surface area contributed by atoms with E-state index in [1.165, 1.54) is 5.56 Å². The van der Waals surface area contributed by atoms with Gasteiger partial charge in [-0.25, -0.2) is 4.98 Å². The van der Waals surface area contributed by atoms with E-state index >= 15 is 0 Å². The predicted molar refractivity (Wildman–Crippen MR) is 95.2 cm³/mol. The molecule has 3 rings (SSSR count). The Labute approximate surface area is 144 Å². The smallest absolute Gasteiger partial charge is 0.267 e. The molecule has 1 aliphatic heterocycles. The zero-order valence-corrected chi connectivity index (χ0v) is 14.4. The maximum Gasteiger partial charge on any atom is 0.267 e. The molecule has 7 heteroatoms. The van der Waals surface area contributed by atoms with Crippen molar-refractivity contribution in [1.29, 1.82) is 0 Å². The molecule has 0 fully saturated rings. The molecule has 2 N–H and O–H groups in total. The third-order valence-electron chi connectivity index (χ3n) is 3.81. The largest absolute Gasteiger partial charge is 0.384 e. The summed E-state index contributed by atoms with van der Waals surface area (Å²) < 4.78 is 0. The van der Waals surface area contributed by atoms with Gasteiger partial charge in [0.05, 0.1) is 17.1 Å². The Bertz CT molecular complexity index is 757. The topological polar surface area (TPSA) is 80.8 Å². The Kier molecular flexibility index (Phi) is 5.10. The third kappa shape index (κ3) is 3.91. The summed E-state index contributed by atoms with van der Waals surface area (Å²) in [6, 6.07) is 7.96. The van der Waals surface area contributed by atoms with Gasteiger partial charge in [0.15, 0.2) is 6.61 Å². The van der Waals surface area contributed by atoms with Crippen molar-refractivity contribution in [3.8, 4) is 0 Å². The van der Waals surface area contributed by atoms with Gasteiger partial charge in [0.1, 0.15) is 5.84 Å². The molecule has 0 saturated carbocycles. The number of fused-ring (bicyclic) bond motifs is 1. The minimum atomic E-state index is -0.120. The maximum absolute atomic E-state index is 12.4. The number of amides is 1. The number of nitrogens with zero attached hydrogens (tertiary/aromatic N) is 3. The number of benzene rings is 1. The first-order valence-electron chi connectivity index (χ1n) is 7.87. The van der Waals surface area contributed by atoms with Crippen LogP contribution in [0.5, 0.6) is 0 Å². The maximum atomic E-state index is 12.4. The lowest BCUT2D eigenvalue weighted by atomic mass is 10.0. The Morgan fingerprint density at radius 3 is 3.08 bits per heavy atom. The second-order valence-electron chi connectivity index (χ2n) is 5.67. The van der Waals surface area contributed by atoms with E-state index in [9.17, 15) is 4.79 Å². The van der Waals surface area contributed by atoms with Gasteiger partial charge >= 0.3 is 0 Å². The lowest BCUT2D eigenvalue weighted by Gasteiger charge is -2.28. The molecule has 1 aromatic carbocycles. The van der Waals surface area contributed by atoms with E-state index in [0.29, 0.717) is 18.8 Å². The van der Waals surface area contributed by atoms with E-state index in [4.69, 9.17) is 10.6 Å². The van der Waals surface area contributed by atoms with Gasteiger partial charge in [-0.2, -0.15) is 0 Å². The van der Waals surface area contributed by atoms with E-state index in [1.807, 2.05) is 30.5 Å². The summed E-state index contributed by atoms with van der Waals surface area (Å²) in [5, 5.41) is 6.75. The van der Waals surface area contributed by atoms with Gasteiger partial charge in [-0.1, -0.05) is 23.4 Å². The fraction of sp³-hybridized carbons (Fsp3) is 0.353. The highest BCUT2D eigenvalue weighted by Crippen LogP contribution is 2.26. The molecule has 0 spiro atoms. The van der Waals surface area contributed by atoms with Crippen molar-refractivity contribution in [1.82, 2.24) is 4.98 Å². The third-order valence-corrected chi connectivity index (χ3v) is 4.63. The summed E-state index contributed by atoms with van der Waals surface area (Å²) in [4.78, 5) is 23.6. The van der Waals surface area contributed by atoms with E-state index < -0.39 is 0 Å². The van der Waals surface area contributed by atoms with E-state index in [1.54, 1.807) is 16.2 Å². The van der Waals surface area contributed by atoms with Gasteiger partial charge in [0, 0.05) is 17.6 Å². The van der Waals surface area contributed by atoms with Crippen LogP contribution >= 0.6 is 11.3 Å². The molecular weight excluding hydrogens is 324 g/mol. The molecule has 6 nitrogen and oxygen atoms in total. The van der Waals surface area contributed by atoms with Crippen molar-refractivity contribution in [2.24, 2.45) is 10.9 Å². The molecule has 0 aliphatic carbocycles. The number of carbonyl (C=O) groups excluding carboxylic acids is 1. The van der Waals surface area contributed by atoms with Crippen molar-refractivity contribution >= 4 is 28.8 Å². The monoisotopic (exact) mass is 344 g/mol. The molecule has 2 aromatic rings. The number of para-hydroxylation sites is 1. The normalized spacial score (nSPS) is 14.4. The molecule has 126 valence electrons. The molecule has 2 heterocycles. The second-order valence-corrected chi connectivity index (χ2v) is 6.73. The highest BCUT2D eigenvalue weighted by Gasteiger charge is 2.22.